The van der Waals surface area contributed by atoms with Crippen LogP contribution in [0.4, 0.5) is 5.69 Å². The quantitative estimate of drug-likeness (QED) is 0.521. The Morgan fingerprint density at radius 3 is 2.75 bits per heavy atom. The van der Waals surface area contributed by atoms with Gasteiger partial charge in [-0.15, -0.1) is 0 Å². The van der Waals surface area contributed by atoms with Gasteiger partial charge in [-0.05, 0) is 11.6 Å². The van der Waals surface area contributed by atoms with Crippen LogP contribution < -0.4 is 0 Å². The molecule has 1 heterocycles. The first-order chi connectivity index (χ1) is 11.7. The lowest BCUT2D eigenvalue weighted by Gasteiger charge is -2.08. The molecular formula is C17H12N4O2S. The Balaban J connectivity index is 1.86. The van der Waals surface area contributed by atoms with Crippen molar-refractivity contribution >= 4 is 17.4 Å². The number of nitro groups is 1. The van der Waals surface area contributed by atoms with E-state index in [0.29, 0.717) is 11.4 Å². The zero-order valence-corrected chi connectivity index (χ0v) is 13.3. The molecule has 1 aromatic heterocycles. The van der Waals surface area contributed by atoms with Gasteiger partial charge in [0.05, 0.1) is 10.5 Å². The van der Waals surface area contributed by atoms with Gasteiger partial charge in [0, 0.05) is 36.0 Å². The van der Waals surface area contributed by atoms with Crippen molar-refractivity contribution in [2.45, 2.75) is 16.6 Å². The predicted molar refractivity (Wildman–Crippen MR) is 89.7 cm³/mol. The Morgan fingerprint density at radius 2 is 2.04 bits per heavy atom. The van der Waals surface area contributed by atoms with E-state index in [4.69, 9.17) is 0 Å². The highest BCUT2D eigenvalue weighted by atomic mass is 32.2. The van der Waals surface area contributed by atoms with Crippen LogP contribution in [-0.4, -0.2) is 14.5 Å². The number of hydrogen-bond donors (Lipinski definition) is 0. The minimum Gasteiger partial charge on any atom is -0.321 e. The number of hydrogen-bond acceptors (Lipinski definition) is 5. The summed E-state index contributed by atoms with van der Waals surface area (Å²) in [6, 6.07) is 16.2. The third-order valence-electron chi connectivity index (χ3n) is 3.37. The average Bonchev–Trinajstić information content (AvgIpc) is 3.02. The zero-order chi connectivity index (χ0) is 16.9. The molecule has 0 aliphatic carbocycles. The molecule has 0 unspecified atom stereocenters. The summed E-state index contributed by atoms with van der Waals surface area (Å²) in [5.41, 5.74) is 1.31. The Labute approximate surface area is 142 Å². The van der Waals surface area contributed by atoms with Gasteiger partial charge in [0.25, 0.3) is 5.69 Å². The van der Waals surface area contributed by atoms with E-state index in [1.807, 2.05) is 47.2 Å². The highest BCUT2D eigenvalue weighted by molar-refractivity contribution is 7.99. The van der Waals surface area contributed by atoms with Crippen LogP contribution >= 0.6 is 11.8 Å². The predicted octanol–water partition coefficient (Wildman–Crippen LogP) is 3.86. The van der Waals surface area contributed by atoms with Crippen LogP contribution in [0, 0.1) is 21.4 Å². The van der Waals surface area contributed by atoms with Gasteiger partial charge in [-0.3, -0.25) is 10.1 Å². The first-order valence-electron chi connectivity index (χ1n) is 7.09. The summed E-state index contributed by atoms with van der Waals surface area (Å²) >= 11 is 1.32. The van der Waals surface area contributed by atoms with Crippen molar-refractivity contribution in [1.29, 1.82) is 5.26 Å². The van der Waals surface area contributed by atoms with Gasteiger partial charge in [-0.25, -0.2) is 4.98 Å². The first kappa shape index (κ1) is 15.8. The van der Waals surface area contributed by atoms with Gasteiger partial charge in [0.2, 0.25) is 0 Å². The maximum Gasteiger partial charge on any atom is 0.270 e. The highest BCUT2D eigenvalue weighted by Gasteiger charge is 2.14. The molecule has 0 saturated heterocycles. The van der Waals surface area contributed by atoms with E-state index in [2.05, 4.69) is 4.98 Å². The van der Waals surface area contributed by atoms with Gasteiger partial charge in [-0.2, -0.15) is 5.26 Å². The van der Waals surface area contributed by atoms with E-state index in [0.717, 1.165) is 10.7 Å². The average molecular weight is 336 g/mol. The van der Waals surface area contributed by atoms with E-state index < -0.39 is 4.92 Å². The number of nitro benzene ring substituents is 1. The number of imidazole rings is 1. The lowest BCUT2D eigenvalue weighted by molar-refractivity contribution is -0.384. The summed E-state index contributed by atoms with van der Waals surface area (Å²) in [5, 5.41) is 20.8. The van der Waals surface area contributed by atoms with E-state index in [1.54, 1.807) is 12.3 Å². The summed E-state index contributed by atoms with van der Waals surface area (Å²) in [6.07, 6.45) is 3.56. The fourth-order valence-corrected chi connectivity index (χ4v) is 3.11. The van der Waals surface area contributed by atoms with Crippen molar-refractivity contribution in [3.63, 3.8) is 0 Å². The molecule has 7 heteroatoms. The second-order valence-electron chi connectivity index (χ2n) is 4.97. The van der Waals surface area contributed by atoms with Gasteiger partial charge >= 0.3 is 0 Å². The van der Waals surface area contributed by atoms with Gasteiger partial charge in [0.1, 0.15) is 6.07 Å². The molecule has 2 aromatic carbocycles. The molecule has 0 saturated carbocycles. The maximum absolute atomic E-state index is 10.8. The van der Waals surface area contributed by atoms with Crippen molar-refractivity contribution in [3.8, 4) is 6.07 Å². The molecule has 0 fully saturated rings. The van der Waals surface area contributed by atoms with Crippen LogP contribution in [0.3, 0.4) is 0 Å². The zero-order valence-electron chi connectivity index (χ0n) is 12.5. The van der Waals surface area contributed by atoms with Crippen LogP contribution in [0.1, 0.15) is 11.1 Å². The minimum absolute atomic E-state index is 0.0940. The third-order valence-corrected chi connectivity index (χ3v) is 4.47. The molecule has 0 amide bonds. The summed E-state index contributed by atoms with van der Waals surface area (Å²) in [7, 11) is 0. The standard InChI is InChI=1S/C17H12N4O2S/c18-11-14-10-15(21(22)23)6-7-16(14)24-17-19-8-9-20(17)12-13-4-2-1-3-5-13/h1-10H,12H2. The van der Waals surface area contributed by atoms with Crippen molar-refractivity contribution in [2.75, 3.05) is 0 Å². The Hall–Kier alpha value is -3.11. The van der Waals surface area contributed by atoms with Crippen LogP contribution in [-0.2, 0) is 6.54 Å². The lowest BCUT2D eigenvalue weighted by Crippen LogP contribution is -2.00. The summed E-state index contributed by atoms with van der Waals surface area (Å²) in [6.45, 7) is 0.665. The van der Waals surface area contributed by atoms with E-state index in [-0.39, 0.29) is 11.3 Å². The van der Waals surface area contributed by atoms with Crippen LogP contribution in [0.25, 0.3) is 0 Å². The van der Waals surface area contributed by atoms with Gasteiger partial charge in [-0.1, -0.05) is 42.1 Å². The third kappa shape index (κ3) is 3.45. The Kier molecular flexibility index (Phi) is 4.59. The number of benzene rings is 2. The molecule has 0 atom stereocenters. The summed E-state index contributed by atoms with van der Waals surface area (Å²) in [5.74, 6) is 0. The molecular weight excluding hydrogens is 324 g/mol. The molecule has 3 aromatic rings. The molecule has 0 bridgehead atoms. The molecule has 0 radical (unpaired) electrons. The van der Waals surface area contributed by atoms with E-state index >= 15 is 0 Å². The van der Waals surface area contributed by atoms with E-state index in [9.17, 15) is 15.4 Å². The molecule has 0 aliphatic heterocycles. The number of rotatable bonds is 5. The van der Waals surface area contributed by atoms with Crippen molar-refractivity contribution in [3.05, 3.63) is 82.2 Å². The molecule has 6 nitrogen and oxygen atoms in total. The van der Waals surface area contributed by atoms with Crippen molar-refractivity contribution in [2.24, 2.45) is 0 Å². The maximum atomic E-state index is 10.8. The molecule has 24 heavy (non-hydrogen) atoms. The largest absolute Gasteiger partial charge is 0.321 e. The molecule has 0 spiro atoms. The smallest absolute Gasteiger partial charge is 0.270 e. The normalized spacial score (nSPS) is 10.3. The second-order valence-corrected chi connectivity index (χ2v) is 5.98. The minimum atomic E-state index is -0.508. The second kappa shape index (κ2) is 6.98. The summed E-state index contributed by atoms with van der Waals surface area (Å²) < 4.78 is 1.97. The fourth-order valence-electron chi connectivity index (χ4n) is 2.21. The van der Waals surface area contributed by atoms with Crippen LogP contribution in [0.2, 0.25) is 0 Å². The van der Waals surface area contributed by atoms with Gasteiger partial charge in [0.15, 0.2) is 5.16 Å². The lowest BCUT2D eigenvalue weighted by atomic mass is 10.2. The Bertz CT molecular complexity index is 916. The number of aromatic nitrogens is 2. The van der Waals surface area contributed by atoms with Crippen molar-refractivity contribution in [1.82, 2.24) is 9.55 Å². The molecule has 0 aliphatic rings. The molecule has 0 N–H and O–H groups in total. The van der Waals surface area contributed by atoms with Crippen molar-refractivity contribution < 1.29 is 4.92 Å². The topological polar surface area (TPSA) is 84.8 Å². The molecule has 3 rings (SSSR count). The Morgan fingerprint density at radius 1 is 1.25 bits per heavy atom. The highest BCUT2D eigenvalue weighted by Crippen LogP contribution is 2.31. The van der Waals surface area contributed by atoms with E-state index in [1.165, 1.54) is 23.9 Å². The van der Waals surface area contributed by atoms with Gasteiger partial charge < -0.3 is 4.57 Å². The SMILES string of the molecule is N#Cc1cc([N+](=O)[O-])ccc1Sc1nccn1Cc1ccccc1. The number of nitriles is 1. The number of non-ortho nitro benzene ring substituents is 1. The fraction of sp³-hybridized carbons (Fsp3) is 0.0588. The number of nitrogens with zero attached hydrogens (tertiary/aromatic N) is 4. The van der Waals surface area contributed by atoms with Crippen LogP contribution in [0.5, 0.6) is 0 Å². The monoisotopic (exact) mass is 336 g/mol. The molecule has 118 valence electrons. The summed E-state index contributed by atoms with van der Waals surface area (Å²) in [4.78, 5) is 15.3. The van der Waals surface area contributed by atoms with Crippen LogP contribution in [0.15, 0.2) is 71.0 Å². The first-order valence-corrected chi connectivity index (χ1v) is 7.90.